The number of pyridine rings is 1. The van der Waals surface area contributed by atoms with Crippen molar-refractivity contribution in [3.05, 3.63) is 243 Å². The fourth-order valence-corrected chi connectivity index (χ4v) is 11.4. The van der Waals surface area contributed by atoms with Crippen molar-refractivity contribution >= 4 is 87.4 Å². The van der Waals surface area contributed by atoms with Crippen molar-refractivity contribution in [2.24, 2.45) is 0 Å². The Morgan fingerprint density at radius 3 is 1.48 bits per heavy atom. The van der Waals surface area contributed by atoms with Crippen molar-refractivity contribution in [3.63, 3.8) is 0 Å². The Bertz CT molecular complexity index is 4480. The standard InChI is InChI=1S/C67H40N2O2/c1-3-16-43(17-4-1)64-63-53(36-37-59-62(63)57-22-7-10-29-58(57)69(59)47-18-5-2-6-19-47)54-26-13-23-48(65(54)68-64)42-34-32-41(33-35-42)44-38-45(49-24-14-27-55-51-20-8-11-30-60(51)70-66(49)55)40-46(39-44)50-25-15-28-56-52-21-9-12-31-61(52)71-67(50)56/h1-40H. The number of hydrogen-bond donors (Lipinski definition) is 0. The van der Waals surface area contributed by atoms with Crippen molar-refractivity contribution < 1.29 is 8.83 Å². The van der Waals surface area contributed by atoms with Crippen LogP contribution in [0.3, 0.4) is 0 Å². The number of hydrogen-bond acceptors (Lipinski definition) is 3. The lowest BCUT2D eigenvalue weighted by Crippen LogP contribution is -1.95. The van der Waals surface area contributed by atoms with Gasteiger partial charge in [-0.3, -0.25) is 0 Å². The lowest BCUT2D eigenvalue weighted by Gasteiger charge is -2.15. The third-order valence-corrected chi connectivity index (χ3v) is 14.6. The summed E-state index contributed by atoms with van der Waals surface area (Å²) >= 11 is 0. The van der Waals surface area contributed by atoms with Crippen molar-refractivity contribution in [2.45, 2.75) is 0 Å². The zero-order chi connectivity index (χ0) is 46.6. The molecule has 0 saturated carbocycles. The minimum atomic E-state index is 0.877. The number of rotatable bonds is 6. The summed E-state index contributed by atoms with van der Waals surface area (Å²) in [7, 11) is 0. The van der Waals surface area contributed by atoms with Crippen molar-refractivity contribution in [1.82, 2.24) is 9.55 Å². The van der Waals surface area contributed by atoms with E-state index in [1.807, 2.05) is 24.3 Å². The maximum atomic E-state index is 6.64. The third-order valence-electron chi connectivity index (χ3n) is 14.6. The van der Waals surface area contributed by atoms with Crippen LogP contribution in [0.5, 0.6) is 0 Å². The fourth-order valence-electron chi connectivity index (χ4n) is 11.4. The van der Waals surface area contributed by atoms with Gasteiger partial charge in [-0.05, 0) is 87.8 Å². The van der Waals surface area contributed by atoms with Gasteiger partial charge >= 0.3 is 0 Å². The maximum absolute atomic E-state index is 6.64. The molecule has 4 aromatic heterocycles. The van der Waals surface area contributed by atoms with Gasteiger partial charge in [0.25, 0.3) is 0 Å². The summed E-state index contributed by atoms with van der Waals surface area (Å²) in [5, 5.41) is 10.3. The lowest BCUT2D eigenvalue weighted by molar-refractivity contribution is 0.670. The summed E-state index contributed by atoms with van der Waals surface area (Å²) in [5.74, 6) is 0. The first-order chi connectivity index (χ1) is 35.2. The molecule has 4 nitrogen and oxygen atoms in total. The number of furan rings is 2. The zero-order valence-electron chi connectivity index (χ0n) is 38.3. The molecule has 0 aliphatic rings. The summed E-state index contributed by atoms with van der Waals surface area (Å²) in [6.07, 6.45) is 0. The first-order valence-corrected chi connectivity index (χ1v) is 24.2. The Balaban J connectivity index is 0.920. The highest BCUT2D eigenvalue weighted by atomic mass is 16.3. The summed E-state index contributed by atoms with van der Waals surface area (Å²) in [5.41, 5.74) is 18.6. The summed E-state index contributed by atoms with van der Waals surface area (Å²) in [4.78, 5) is 5.71. The van der Waals surface area contributed by atoms with E-state index in [4.69, 9.17) is 13.8 Å². The Hall–Kier alpha value is -9.51. The van der Waals surface area contributed by atoms with E-state index in [-0.39, 0.29) is 0 Å². The fraction of sp³-hybridized carbons (Fsp3) is 0. The number of fused-ring (bicyclic) bond motifs is 13. The van der Waals surface area contributed by atoms with Crippen LogP contribution in [0, 0.1) is 0 Å². The predicted octanol–water partition coefficient (Wildman–Crippen LogP) is 18.6. The van der Waals surface area contributed by atoms with Crippen LogP contribution >= 0.6 is 0 Å². The minimum absolute atomic E-state index is 0.877. The second-order valence-electron chi connectivity index (χ2n) is 18.5. The average Bonchev–Trinajstić information content (AvgIpc) is 4.13. The van der Waals surface area contributed by atoms with E-state index in [0.29, 0.717) is 0 Å². The zero-order valence-corrected chi connectivity index (χ0v) is 38.3. The van der Waals surface area contributed by atoms with Gasteiger partial charge < -0.3 is 13.4 Å². The first-order valence-electron chi connectivity index (χ1n) is 24.2. The molecule has 0 radical (unpaired) electrons. The van der Waals surface area contributed by atoms with Gasteiger partial charge in [-0.2, -0.15) is 0 Å². The van der Waals surface area contributed by atoms with E-state index in [2.05, 4.69) is 223 Å². The number of benzene rings is 11. The maximum Gasteiger partial charge on any atom is 0.143 e. The van der Waals surface area contributed by atoms with Crippen LogP contribution in [0.25, 0.3) is 149 Å². The molecule has 0 fully saturated rings. The van der Waals surface area contributed by atoms with E-state index < -0.39 is 0 Å². The molecule has 0 unspecified atom stereocenters. The molecule has 0 aliphatic heterocycles. The largest absolute Gasteiger partial charge is 0.455 e. The molecule has 0 spiro atoms. The third kappa shape index (κ3) is 6.08. The highest BCUT2D eigenvalue weighted by Crippen LogP contribution is 2.46. The van der Waals surface area contributed by atoms with E-state index in [0.717, 1.165) is 127 Å². The minimum Gasteiger partial charge on any atom is -0.455 e. The molecule has 15 rings (SSSR count). The summed E-state index contributed by atoms with van der Waals surface area (Å²) in [6, 6.07) is 86.7. The first kappa shape index (κ1) is 39.5. The second-order valence-corrected chi connectivity index (χ2v) is 18.5. The molecular formula is C67H40N2O2. The number of aromatic nitrogens is 2. The Kier molecular flexibility index (Phi) is 8.62. The normalized spacial score (nSPS) is 11.9. The molecule has 11 aromatic carbocycles. The van der Waals surface area contributed by atoms with Crippen molar-refractivity contribution in [1.29, 1.82) is 0 Å². The van der Waals surface area contributed by atoms with Crippen LogP contribution in [-0.2, 0) is 0 Å². The van der Waals surface area contributed by atoms with E-state index in [1.54, 1.807) is 0 Å². The van der Waals surface area contributed by atoms with Gasteiger partial charge in [-0.25, -0.2) is 4.98 Å². The highest BCUT2D eigenvalue weighted by Gasteiger charge is 2.22. The molecule has 4 heterocycles. The van der Waals surface area contributed by atoms with Crippen LogP contribution in [-0.4, -0.2) is 9.55 Å². The Labute approximate surface area is 407 Å². The second kappa shape index (κ2) is 15.5. The molecule has 0 atom stereocenters. The van der Waals surface area contributed by atoms with Gasteiger partial charge in [0.05, 0.1) is 22.2 Å². The monoisotopic (exact) mass is 904 g/mol. The van der Waals surface area contributed by atoms with Gasteiger partial charge in [0.2, 0.25) is 0 Å². The number of para-hydroxylation sites is 7. The van der Waals surface area contributed by atoms with Gasteiger partial charge in [0.15, 0.2) is 0 Å². The smallest absolute Gasteiger partial charge is 0.143 e. The molecule has 4 heteroatoms. The Morgan fingerprint density at radius 1 is 0.296 bits per heavy atom. The van der Waals surface area contributed by atoms with Crippen LogP contribution in [0.15, 0.2) is 251 Å². The average molecular weight is 905 g/mol. The van der Waals surface area contributed by atoms with Gasteiger partial charge in [0, 0.05) is 71.0 Å². The summed E-state index contributed by atoms with van der Waals surface area (Å²) < 4.78 is 15.7. The molecule has 0 N–H and O–H groups in total. The quantitative estimate of drug-likeness (QED) is 0.156. The van der Waals surface area contributed by atoms with Crippen LogP contribution < -0.4 is 0 Å². The molecule has 0 aliphatic carbocycles. The van der Waals surface area contributed by atoms with E-state index in [1.165, 1.54) is 21.7 Å². The van der Waals surface area contributed by atoms with E-state index >= 15 is 0 Å². The van der Waals surface area contributed by atoms with Gasteiger partial charge in [-0.15, -0.1) is 0 Å². The highest BCUT2D eigenvalue weighted by molar-refractivity contribution is 6.29. The van der Waals surface area contributed by atoms with Crippen LogP contribution in [0.1, 0.15) is 0 Å². The topological polar surface area (TPSA) is 44.1 Å². The molecule has 0 amide bonds. The molecule has 0 saturated heterocycles. The van der Waals surface area contributed by atoms with Crippen molar-refractivity contribution in [3.8, 4) is 61.5 Å². The molecule has 330 valence electrons. The molecule has 71 heavy (non-hydrogen) atoms. The molecule has 0 bridgehead atoms. The van der Waals surface area contributed by atoms with Crippen LogP contribution in [0.2, 0.25) is 0 Å². The SMILES string of the molecule is c1ccc(-c2nc3c(-c4ccc(-c5cc(-c6cccc7c6oc6ccccc67)cc(-c6cccc7c6oc6ccccc67)c5)cc4)cccc3c3ccc4c(c5ccccc5n4-c4ccccc4)c23)cc1. The Morgan fingerprint density at radius 2 is 0.817 bits per heavy atom. The van der Waals surface area contributed by atoms with E-state index in [9.17, 15) is 0 Å². The van der Waals surface area contributed by atoms with Crippen molar-refractivity contribution in [2.75, 3.05) is 0 Å². The number of nitrogens with zero attached hydrogens (tertiary/aromatic N) is 2. The molecule has 15 aromatic rings. The van der Waals surface area contributed by atoms with Gasteiger partial charge in [-0.1, -0.05) is 188 Å². The summed E-state index contributed by atoms with van der Waals surface area (Å²) in [6.45, 7) is 0. The lowest BCUT2D eigenvalue weighted by atomic mass is 9.91. The van der Waals surface area contributed by atoms with Crippen LogP contribution in [0.4, 0.5) is 0 Å². The molecular weight excluding hydrogens is 865 g/mol. The predicted molar refractivity (Wildman–Crippen MR) is 295 cm³/mol. The van der Waals surface area contributed by atoms with Gasteiger partial charge in [0.1, 0.15) is 22.3 Å².